The first-order valence-electron chi connectivity index (χ1n) is 9.37. The molecule has 3 rings (SSSR count). The van der Waals surface area contributed by atoms with E-state index in [9.17, 15) is 4.79 Å². The number of carbonyl (C=O) groups excluding carboxylic acids is 1. The average Bonchev–Trinajstić information content (AvgIpc) is 3.23. The second-order valence-electron chi connectivity index (χ2n) is 6.58. The predicted octanol–water partition coefficient (Wildman–Crippen LogP) is 3.65. The molecule has 0 radical (unpaired) electrons. The Balaban J connectivity index is 1.57. The van der Waals surface area contributed by atoms with E-state index in [4.69, 9.17) is 21.7 Å². The first kappa shape index (κ1) is 21.4. The van der Waals surface area contributed by atoms with Gasteiger partial charge in [-0.05, 0) is 67.0 Å². The van der Waals surface area contributed by atoms with Crippen LogP contribution in [0.5, 0.6) is 11.5 Å². The number of halogens is 1. The number of thiocarbonyl (C=S) groups is 1. The summed E-state index contributed by atoms with van der Waals surface area (Å²) < 4.78 is 11.6. The van der Waals surface area contributed by atoms with Gasteiger partial charge in [-0.1, -0.05) is 22.0 Å². The van der Waals surface area contributed by atoms with Crippen LogP contribution in [-0.4, -0.2) is 54.9 Å². The van der Waals surface area contributed by atoms with Crippen LogP contribution >= 0.6 is 28.1 Å². The van der Waals surface area contributed by atoms with Crippen molar-refractivity contribution in [3.05, 3.63) is 58.1 Å². The molecule has 0 unspecified atom stereocenters. The summed E-state index contributed by atoms with van der Waals surface area (Å²) >= 11 is 8.95. The molecule has 1 saturated heterocycles. The number of amides is 1. The Kier molecular flexibility index (Phi) is 7.33. The van der Waals surface area contributed by atoms with Gasteiger partial charge in [-0.15, -0.1) is 0 Å². The Hall–Kier alpha value is -2.32. The minimum atomic E-state index is -0.0426. The van der Waals surface area contributed by atoms with E-state index in [-0.39, 0.29) is 5.91 Å². The van der Waals surface area contributed by atoms with Crippen molar-refractivity contribution in [2.45, 2.75) is 12.8 Å². The van der Waals surface area contributed by atoms with E-state index >= 15 is 0 Å². The van der Waals surface area contributed by atoms with Crippen LogP contribution in [0.25, 0.3) is 0 Å². The molecule has 2 aromatic carbocycles. The number of benzene rings is 2. The molecule has 1 fully saturated rings. The topological polar surface area (TPSA) is 54.0 Å². The highest BCUT2D eigenvalue weighted by Crippen LogP contribution is 2.27. The van der Waals surface area contributed by atoms with Crippen LogP contribution in [0.3, 0.4) is 0 Å². The summed E-state index contributed by atoms with van der Waals surface area (Å²) in [6.45, 7) is 2.04. The molecular weight excluding hydrogens is 454 g/mol. The lowest BCUT2D eigenvalue weighted by atomic mass is 10.1. The lowest BCUT2D eigenvalue weighted by Gasteiger charge is -2.30. The third-order valence-corrected chi connectivity index (χ3v) is 5.61. The van der Waals surface area contributed by atoms with Gasteiger partial charge in [-0.3, -0.25) is 9.80 Å². The molecule has 8 heteroatoms. The molecule has 1 aliphatic heterocycles. The molecule has 1 heterocycles. The molecular formula is C21H24BrN3O3S. The van der Waals surface area contributed by atoms with Gasteiger partial charge in [0, 0.05) is 29.7 Å². The minimum Gasteiger partial charge on any atom is -0.493 e. The molecule has 29 heavy (non-hydrogen) atoms. The maximum atomic E-state index is 12.9. The first-order chi connectivity index (χ1) is 14.0. The number of nitrogens with zero attached hydrogens (tertiary/aromatic N) is 2. The van der Waals surface area contributed by atoms with E-state index < -0.39 is 0 Å². The summed E-state index contributed by atoms with van der Waals surface area (Å²) in [4.78, 5) is 12.9. The van der Waals surface area contributed by atoms with Crippen molar-refractivity contribution in [2.75, 3.05) is 33.9 Å². The zero-order valence-electron chi connectivity index (χ0n) is 16.5. The fourth-order valence-electron chi connectivity index (χ4n) is 3.22. The summed E-state index contributed by atoms with van der Waals surface area (Å²) in [5.74, 6) is 1.37. The van der Waals surface area contributed by atoms with Crippen LogP contribution in [0.2, 0.25) is 0 Å². The molecule has 0 bridgehead atoms. The SMILES string of the molecule is COc1ccc(CCNC(=S)N2CCCN2C(=O)c2ccc(Br)cc2)cc1OC. The van der Waals surface area contributed by atoms with Gasteiger partial charge in [0.05, 0.1) is 14.2 Å². The number of hydrogen-bond donors (Lipinski definition) is 1. The fraction of sp³-hybridized carbons (Fsp3) is 0.333. The van der Waals surface area contributed by atoms with E-state index in [0.29, 0.717) is 35.3 Å². The number of hydrazine groups is 1. The van der Waals surface area contributed by atoms with Crippen LogP contribution in [-0.2, 0) is 6.42 Å². The summed E-state index contributed by atoms with van der Waals surface area (Å²) in [6, 6.07) is 13.2. The van der Waals surface area contributed by atoms with Crippen molar-refractivity contribution in [3.63, 3.8) is 0 Å². The van der Waals surface area contributed by atoms with Crippen molar-refractivity contribution in [1.82, 2.24) is 15.3 Å². The van der Waals surface area contributed by atoms with Gasteiger partial charge in [-0.25, -0.2) is 5.01 Å². The molecule has 154 valence electrons. The number of ether oxygens (including phenoxy) is 2. The van der Waals surface area contributed by atoms with Crippen LogP contribution in [0, 0.1) is 0 Å². The molecule has 0 saturated carbocycles. The van der Waals surface area contributed by atoms with Crippen molar-refractivity contribution in [2.24, 2.45) is 0 Å². The normalized spacial score (nSPS) is 13.3. The fourth-order valence-corrected chi connectivity index (χ4v) is 3.77. The molecule has 0 atom stereocenters. The van der Waals surface area contributed by atoms with Crippen molar-refractivity contribution < 1.29 is 14.3 Å². The lowest BCUT2D eigenvalue weighted by Crippen LogP contribution is -2.49. The summed E-state index contributed by atoms with van der Waals surface area (Å²) in [7, 11) is 3.24. The van der Waals surface area contributed by atoms with Crippen molar-refractivity contribution >= 4 is 39.2 Å². The average molecular weight is 478 g/mol. The first-order valence-corrected chi connectivity index (χ1v) is 10.6. The molecule has 1 aliphatic rings. The van der Waals surface area contributed by atoms with Gasteiger partial charge in [-0.2, -0.15) is 0 Å². The van der Waals surface area contributed by atoms with E-state index in [2.05, 4.69) is 21.2 Å². The molecule has 0 aromatic heterocycles. The minimum absolute atomic E-state index is 0.0426. The number of methoxy groups -OCH3 is 2. The van der Waals surface area contributed by atoms with Gasteiger partial charge >= 0.3 is 0 Å². The summed E-state index contributed by atoms with van der Waals surface area (Å²) in [5, 5.41) is 7.40. The number of hydrogen-bond acceptors (Lipinski definition) is 4. The van der Waals surface area contributed by atoms with Gasteiger partial charge in [0.2, 0.25) is 0 Å². The maximum Gasteiger partial charge on any atom is 0.272 e. The second kappa shape index (κ2) is 9.93. The Bertz CT molecular complexity index is 876. The number of nitrogens with one attached hydrogen (secondary N) is 1. The maximum absolute atomic E-state index is 12.9. The molecule has 1 N–H and O–H groups in total. The van der Waals surface area contributed by atoms with Gasteiger partial charge in [0.25, 0.3) is 5.91 Å². The van der Waals surface area contributed by atoms with E-state index in [1.807, 2.05) is 47.5 Å². The van der Waals surface area contributed by atoms with Gasteiger partial charge < -0.3 is 14.8 Å². The summed E-state index contributed by atoms with van der Waals surface area (Å²) in [5.41, 5.74) is 1.76. The molecule has 0 aliphatic carbocycles. The van der Waals surface area contributed by atoms with Crippen LogP contribution in [0.4, 0.5) is 0 Å². The quantitative estimate of drug-likeness (QED) is 0.640. The Morgan fingerprint density at radius 1 is 1.07 bits per heavy atom. The lowest BCUT2D eigenvalue weighted by molar-refractivity contribution is 0.0492. The van der Waals surface area contributed by atoms with Crippen molar-refractivity contribution in [1.29, 1.82) is 0 Å². The zero-order chi connectivity index (χ0) is 20.8. The smallest absolute Gasteiger partial charge is 0.272 e. The zero-order valence-corrected chi connectivity index (χ0v) is 18.9. The molecule has 1 amide bonds. The summed E-state index contributed by atoms with van der Waals surface area (Å²) in [6.07, 6.45) is 1.66. The highest BCUT2D eigenvalue weighted by molar-refractivity contribution is 9.10. The third-order valence-electron chi connectivity index (χ3n) is 4.73. The van der Waals surface area contributed by atoms with E-state index in [1.165, 1.54) is 0 Å². The Morgan fingerprint density at radius 3 is 2.45 bits per heavy atom. The van der Waals surface area contributed by atoms with Crippen LogP contribution in [0.15, 0.2) is 46.9 Å². The second-order valence-corrected chi connectivity index (χ2v) is 7.89. The predicted molar refractivity (Wildman–Crippen MR) is 120 cm³/mol. The van der Waals surface area contributed by atoms with E-state index in [1.54, 1.807) is 19.2 Å². The molecule has 0 spiro atoms. The Morgan fingerprint density at radius 2 is 1.76 bits per heavy atom. The van der Waals surface area contributed by atoms with E-state index in [0.717, 1.165) is 29.4 Å². The van der Waals surface area contributed by atoms with Crippen molar-refractivity contribution in [3.8, 4) is 11.5 Å². The molecule has 6 nitrogen and oxygen atoms in total. The van der Waals surface area contributed by atoms with Gasteiger partial charge in [0.1, 0.15) is 0 Å². The highest BCUT2D eigenvalue weighted by atomic mass is 79.9. The third kappa shape index (κ3) is 5.19. The largest absolute Gasteiger partial charge is 0.493 e. The number of carbonyl (C=O) groups is 1. The molecule has 2 aromatic rings. The van der Waals surface area contributed by atoms with Crippen LogP contribution in [0.1, 0.15) is 22.3 Å². The van der Waals surface area contributed by atoms with Gasteiger partial charge in [0.15, 0.2) is 16.6 Å². The Labute approximate surface area is 184 Å². The highest BCUT2D eigenvalue weighted by Gasteiger charge is 2.29. The standard InChI is InChI=1S/C21H24BrN3O3S/c1-27-18-9-4-15(14-19(18)28-2)10-11-23-21(29)25-13-3-12-24(25)20(26)16-5-7-17(22)8-6-16/h4-9,14H,3,10-13H2,1-2H3,(H,23,29). The number of rotatable bonds is 6. The monoisotopic (exact) mass is 477 g/mol. The van der Waals surface area contributed by atoms with Crippen LogP contribution < -0.4 is 14.8 Å².